The van der Waals surface area contributed by atoms with E-state index in [0.717, 1.165) is 54.5 Å². The first-order valence-corrected chi connectivity index (χ1v) is 10.5. The van der Waals surface area contributed by atoms with Crippen LogP contribution in [0.2, 0.25) is 0 Å². The number of nitriles is 1. The molecule has 3 heterocycles. The van der Waals surface area contributed by atoms with Crippen LogP contribution >= 0.6 is 0 Å². The molecule has 0 amide bonds. The number of aromatic nitrogens is 3. The molecular weight excluding hydrogens is 402 g/mol. The second-order valence-electron chi connectivity index (χ2n) is 7.94. The molecule has 0 unspecified atom stereocenters. The maximum absolute atomic E-state index is 11.2. The zero-order valence-electron chi connectivity index (χ0n) is 18.2. The maximum Gasteiger partial charge on any atom is 0.227 e. The molecule has 8 heteroatoms. The first kappa shape index (κ1) is 21.4. The summed E-state index contributed by atoms with van der Waals surface area (Å²) in [4.78, 5) is 29.0. The second-order valence-corrected chi connectivity index (χ2v) is 7.94. The Balaban J connectivity index is 1.52. The summed E-state index contributed by atoms with van der Waals surface area (Å²) < 4.78 is 0. The van der Waals surface area contributed by atoms with Crippen LogP contribution in [0.4, 0.5) is 17.3 Å². The maximum atomic E-state index is 11.2. The Labute approximate surface area is 187 Å². The lowest BCUT2D eigenvalue weighted by Gasteiger charge is -2.34. The number of benzene rings is 1. The van der Waals surface area contributed by atoms with Gasteiger partial charge in [0.2, 0.25) is 5.95 Å². The Morgan fingerprint density at radius 1 is 1.12 bits per heavy atom. The van der Waals surface area contributed by atoms with Crippen LogP contribution in [0.5, 0.6) is 0 Å². The minimum absolute atomic E-state index is 0.0737. The third-order valence-corrected chi connectivity index (χ3v) is 5.42. The van der Waals surface area contributed by atoms with Gasteiger partial charge in [0.15, 0.2) is 0 Å². The lowest BCUT2D eigenvalue weighted by molar-refractivity contribution is -0.116. The molecule has 1 N–H and O–H groups in total. The zero-order valence-corrected chi connectivity index (χ0v) is 18.2. The van der Waals surface area contributed by atoms with Crippen molar-refractivity contribution in [1.82, 2.24) is 19.9 Å². The number of hydrogen-bond acceptors (Lipinski definition) is 8. The number of carbonyl (C=O) groups excluding carboxylic acids is 1. The Morgan fingerprint density at radius 2 is 1.94 bits per heavy atom. The highest BCUT2D eigenvalue weighted by Gasteiger charge is 2.18. The Bertz CT molecular complexity index is 1150. The molecule has 1 aliphatic rings. The van der Waals surface area contributed by atoms with Crippen molar-refractivity contribution in [1.29, 1.82) is 5.26 Å². The van der Waals surface area contributed by atoms with Crippen molar-refractivity contribution < 1.29 is 4.79 Å². The van der Waals surface area contributed by atoms with Crippen molar-refractivity contribution in [3.63, 3.8) is 0 Å². The van der Waals surface area contributed by atoms with E-state index < -0.39 is 0 Å². The molecule has 4 rings (SSSR count). The van der Waals surface area contributed by atoms with E-state index in [1.807, 2.05) is 36.4 Å². The van der Waals surface area contributed by atoms with Gasteiger partial charge in [0.25, 0.3) is 0 Å². The van der Waals surface area contributed by atoms with E-state index in [1.54, 1.807) is 19.3 Å². The third kappa shape index (κ3) is 5.07. The lowest BCUT2D eigenvalue weighted by atomic mass is 10.1. The molecule has 1 aliphatic heterocycles. The van der Waals surface area contributed by atoms with Crippen molar-refractivity contribution in [2.45, 2.75) is 13.3 Å². The number of nitrogens with zero attached hydrogens (tertiary/aromatic N) is 6. The van der Waals surface area contributed by atoms with E-state index in [-0.39, 0.29) is 5.78 Å². The van der Waals surface area contributed by atoms with Crippen molar-refractivity contribution in [3.05, 3.63) is 60.0 Å². The van der Waals surface area contributed by atoms with Crippen molar-refractivity contribution >= 4 is 23.1 Å². The normalized spacial score (nSPS) is 14.1. The molecule has 2 aromatic heterocycles. The number of hydrogen-bond donors (Lipinski definition) is 1. The number of pyridine rings is 1. The molecule has 0 aliphatic carbocycles. The highest BCUT2D eigenvalue weighted by atomic mass is 16.1. The van der Waals surface area contributed by atoms with Crippen LogP contribution in [0.15, 0.2) is 48.8 Å². The summed E-state index contributed by atoms with van der Waals surface area (Å²) in [5.74, 6) is 0.509. The summed E-state index contributed by atoms with van der Waals surface area (Å²) in [6.45, 7) is 5.33. The SMILES string of the molecule is CC(=O)Cc1ccc(Nc2nccc(-c3ccc(N4CCN(C)CC4)c(C#N)c3)n2)cn1. The summed E-state index contributed by atoms with van der Waals surface area (Å²) in [6.07, 6.45) is 3.66. The van der Waals surface area contributed by atoms with Crippen molar-refractivity contribution in [3.8, 4) is 17.3 Å². The molecule has 0 spiro atoms. The summed E-state index contributed by atoms with van der Waals surface area (Å²) in [6, 6.07) is 13.7. The average molecular weight is 428 g/mol. The summed E-state index contributed by atoms with van der Waals surface area (Å²) in [5.41, 5.74) is 4.66. The van der Waals surface area contributed by atoms with Crippen molar-refractivity contribution in [2.24, 2.45) is 0 Å². The number of anilines is 3. The number of rotatable bonds is 6. The molecule has 0 saturated carbocycles. The third-order valence-electron chi connectivity index (χ3n) is 5.42. The number of nitrogens with one attached hydrogen (secondary N) is 1. The number of piperazine rings is 1. The molecule has 8 nitrogen and oxygen atoms in total. The molecule has 0 atom stereocenters. The topological polar surface area (TPSA) is 98.0 Å². The van der Waals surface area contributed by atoms with Gasteiger partial charge in [-0.3, -0.25) is 9.78 Å². The van der Waals surface area contributed by atoms with Gasteiger partial charge in [-0.05, 0) is 44.3 Å². The zero-order chi connectivity index (χ0) is 22.5. The van der Waals surface area contributed by atoms with Crippen LogP contribution in [0.1, 0.15) is 18.2 Å². The summed E-state index contributed by atoms with van der Waals surface area (Å²) in [7, 11) is 2.11. The Hall–Kier alpha value is -3.83. The van der Waals surface area contributed by atoms with Crippen LogP contribution in [0, 0.1) is 11.3 Å². The number of ketones is 1. The molecule has 1 fully saturated rings. The fourth-order valence-electron chi connectivity index (χ4n) is 3.67. The molecule has 1 saturated heterocycles. The molecule has 162 valence electrons. The van der Waals surface area contributed by atoms with Gasteiger partial charge in [0, 0.05) is 50.1 Å². The fourth-order valence-corrected chi connectivity index (χ4v) is 3.67. The second kappa shape index (κ2) is 9.54. The first-order valence-electron chi connectivity index (χ1n) is 10.5. The van der Waals surface area contributed by atoms with Crippen molar-refractivity contribution in [2.75, 3.05) is 43.4 Å². The highest BCUT2D eigenvalue weighted by Crippen LogP contribution is 2.27. The smallest absolute Gasteiger partial charge is 0.227 e. The first-order chi connectivity index (χ1) is 15.5. The van der Waals surface area contributed by atoms with E-state index in [2.05, 4.69) is 43.2 Å². The molecule has 0 radical (unpaired) electrons. The van der Waals surface area contributed by atoms with Gasteiger partial charge in [-0.1, -0.05) is 6.07 Å². The number of carbonyl (C=O) groups is 1. The van der Waals surface area contributed by atoms with Gasteiger partial charge in [0.05, 0.1) is 28.8 Å². The Kier molecular flexibility index (Phi) is 6.38. The van der Waals surface area contributed by atoms with E-state index >= 15 is 0 Å². The van der Waals surface area contributed by atoms with Gasteiger partial charge in [-0.2, -0.15) is 5.26 Å². The quantitative estimate of drug-likeness (QED) is 0.641. The fraction of sp³-hybridized carbons (Fsp3) is 0.292. The van der Waals surface area contributed by atoms with Crippen LogP contribution in [0.3, 0.4) is 0 Å². The minimum Gasteiger partial charge on any atom is -0.368 e. The van der Waals surface area contributed by atoms with Crippen LogP contribution in [-0.4, -0.2) is 58.9 Å². The van der Waals surface area contributed by atoms with E-state index in [0.29, 0.717) is 17.9 Å². The van der Waals surface area contributed by atoms with Gasteiger partial charge < -0.3 is 15.1 Å². The predicted octanol–water partition coefficient (Wildman–Crippen LogP) is 3.04. The molecule has 0 bridgehead atoms. The summed E-state index contributed by atoms with van der Waals surface area (Å²) in [5, 5.41) is 12.9. The van der Waals surface area contributed by atoms with Crippen LogP contribution in [-0.2, 0) is 11.2 Å². The lowest BCUT2D eigenvalue weighted by Crippen LogP contribution is -2.44. The van der Waals surface area contributed by atoms with Gasteiger partial charge >= 0.3 is 0 Å². The minimum atomic E-state index is 0.0737. The standard InChI is InChI=1S/C24H25N7O/c1-17(32)13-20-4-5-21(16-27-20)28-24-26-8-7-22(29-24)18-3-6-23(19(14-18)15-25)31-11-9-30(2)10-12-31/h3-8,14,16H,9-13H2,1-2H3,(H,26,28,29). The van der Waals surface area contributed by atoms with E-state index in [1.165, 1.54) is 0 Å². The molecular formula is C24H25N7O. The largest absolute Gasteiger partial charge is 0.368 e. The van der Waals surface area contributed by atoms with E-state index in [9.17, 15) is 10.1 Å². The molecule has 32 heavy (non-hydrogen) atoms. The van der Waals surface area contributed by atoms with Gasteiger partial charge in [0.1, 0.15) is 11.9 Å². The van der Waals surface area contributed by atoms with E-state index in [4.69, 9.17) is 0 Å². The average Bonchev–Trinajstić information content (AvgIpc) is 2.80. The van der Waals surface area contributed by atoms with Crippen LogP contribution < -0.4 is 10.2 Å². The van der Waals surface area contributed by atoms with Gasteiger partial charge in [-0.15, -0.1) is 0 Å². The Morgan fingerprint density at radius 3 is 2.62 bits per heavy atom. The summed E-state index contributed by atoms with van der Waals surface area (Å²) >= 11 is 0. The monoisotopic (exact) mass is 427 g/mol. The molecule has 1 aromatic carbocycles. The number of Topliss-reactive ketones (excluding diaryl/α,β-unsaturated/α-hetero) is 1. The van der Waals surface area contributed by atoms with Gasteiger partial charge in [-0.25, -0.2) is 9.97 Å². The highest BCUT2D eigenvalue weighted by molar-refractivity contribution is 5.77. The van der Waals surface area contributed by atoms with Crippen LogP contribution in [0.25, 0.3) is 11.3 Å². The number of likely N-dealkylation sites (N-methyl/N-ethyl adjacent to an activating group) is 1. The predicted molar refractivity (Wildman–Crippen MR) is 124 cm³/mol. The molecule has 3 aromatic rings.